The van der Waals surface area contributed by atoms with Gasteiger partial charge in [-0.3, -0.25) is 4.90 Å². The van der Waals surface area contributed by atoms with Gasteiger partial charge in [0.15, 0.2) is 8.32 Å². The molecule has 1 heterocycles. The molecule has 37 heavy (non-hydrogen) atoms. The van der Waals surface area contributed by atoms with Crippen LogP contribution in [0.15, 0.2) is 24.3 Å². The van der Waals surface area contributed by atoms with Crippen LogP contribution < -0.4 is 0 Å². The lowest BCUT2D eigenvalue weighted by molar-refractivity contribution is -0.0488. The second kappa shape index (κ2) is 14.8. The maximum Gasteiger partial charge on any atom is 0.200 e. The fraction of sp³-hybridized carbons (Fsp3) is 0.806. The van der Waals surface area contributed by atoms with Gasteiger partial charge in [0.05, 0.1) is 19.8 Å². The number of likely N-dealkylation sites (tertiary alicyclic amines) is 1. The van der Waals surface area contributed by atoms with Crippen LogP contribution in [-0.2, 0) is 13.9 Å². The third-order valence-electron chi connectivity index (χ3n) is 9.25. The molecule has 0 spiro atoms. The lowest BCUT2D eigenvalue weighted by Gasteiger charge is -2.51. The van der Waals surface area contributed by atoms with Gasteiger partial charge in [0, 0.05) is 36.2 Å². The molecule has 1 aromatic carbocycles. The minimum atomic E-state index is -1.97. The first-order chi connectivity index (χ1) is 17.7. The molecule has 3 unspecified atom stereocenters. The van der Waals surface area contributed by atoms with E-state index in [9.17, 15) is 0 Å². The highest BCUT2D eigenvalue weighted by atomic mass is 35.5. The van der Waals surface area contributed by atoms with Gasteiger partial charge in [-0.15, -0.1) is 0 Å². The fourth-order valence-electron chi connectivity index (χ4n) is 7.31. The van der Waals surface area contributed by atoms with Crippen molar-refractivity contribution in [3.63, 3.8) is 0 Å². The topological polar surface area (TPSA) is 30.9 Å². The number of rotatable bonds is 15. The average molecular weight is 552 g/mol. The summed E-state index contributed by atoms with van der Waals surface area (Å²) < 4.78 is 19.0. The Morgan fingerprint density at radius 2 is 1.49 bits per heavy atom. The van der Waals surface area contributed by atoms with Crippen molar-refractivity contribution in [2.45, 2.75) is 109 Å². The summed E-state index contributed by atoms with van der Waals surface area (Å²) in [7, 11) is -1.97. The molecule has 6 heteroatoms. The predicted octanol–water partition coefficient (Wildman–Crippen LogP) is 8.51. The van der Waals surface area contributed by atoms with E-state index in [0.717, 1.165) is 31.4 Å². The molecule has 0 N–H and O–H groups in total. The minimum Gasteiger partial charge on any atom is -0.414 e. The lowest BCUT2D eigenvalue weighted by Crippen LogP contribution is -2.56. The molecule has 2 aliphatic rings. The Bertz CT molecular complexity index is 761. The monoisotopic (exact) mass is 551 g/mol. The van der Waals surface area contributed by atoms with E-state index < -0.39 is 8.32 Å². The predicted molar refractivity (Wildman–Crippen MR) is 159 cm³/mol. The van der Waals surface area contributed by atoms with E-state index in [1.54, 1.807) is 0 Å². The average Bonchev–Trinajstić information content (AvgIpc) is 2.82. The van der Waals surface area contributed by atoms with Crippen molar-refractivity contribution in [3.05, 3.63) is 34.9 Å². The van der Waals surface area contributed by atoms with Crippen LogP contribution in [0.3, 0.4) is 0 Å². The number of halogens is 1. The molecule has 212 valence electrons. The molecule has 1 saturated carbocycles. The molecular weight excluding hydrogens is 498 g/mol. The summed E-state index contributed by atoms with van der Waals surface area (Å²) in [4.78, 5) is 2.83. The first kappa shape index (κ1) is 31.1. The van der Waals surface area contributed by atoms with Gasteiger partial charge >= 0.3 is 0 Å². The summed E-state index contributed by atoms with van der Waals surface area (Å²) in [6.07, 6.45) is 6.40. The highest BCUT2D eigenvalue weighted by molar-refractivity contribution is 6.77. The zero-order valence-corrected chi connectivity index (χ0v) is 26.4. The minimum absolute atomic E-state index is 0.366. The van der Waals surface area contributed by atoms with Crippen molar-refractivity contribution in [1.82, 2.24) is 4.90 Å². The van der Waals surface area contributed by atoms with E-state index in [2.05, 4.69) is 70.7 Å². The lowest BCUT2D eigenvalue weighted by atomic mass is 9.74. The second-order valence-corrected chi connectivity index (χ2v) is 18.2. The Hall–Kier alpha value is -0.433. The highest BCUT2D eigenvalue weighted by Gasteiger charge is 2.47. The van der Waals surface area contributed by atoms with Crippen LogP contribution in [0.25, 0.3) is 0 Å². The van der Waals surface area contributed by atoms with Crippen LogP contribution in [0.5, 0.6) is 0 Å². The SMILES string of the molecule is CCOCCOCC1CCCN(C(c2ccc(Cl)cc2)C2CCC2)C1CO[Si](C(C)C)(C(C)C)C(C)C. The summed E-state index contributed by atoms with van der Waals surface area (Å²) in [5.41, 5.74) is 3.18. The van der Waals surface area contributed by atoms with Gasteiger partial charge in [0.2, 0.25) is 0 Å². The van der Waals surface area contributed by atoms with Crippen LogP contribution in [-0.4, -0.2) is 58.8 Å². The molecule has 1 saturated heterocycles. The third-order valence-corrected chi connectivity index (χ3v) is 15.6. The Morgan fingerprint density at radius 1 is 0.865 bits per heavy atom. The smallest absolute Gasteiger partial charge is 0.200 e. The second-order valence-electron chi connectivity index (χ2n) is 12.3. The molecule has 2 fully saturated rings. The van der Waals surface area contributed by atoms with E-state index in [1.165, 1.54) is 37.7 Å². The summed E-state index contributed by atoms with van der Waals surface area (Å²) in [6, 6.07) is 9.47. The first-order valence-electron chi connectivity index (χ1n) is 15.0. The Morgan fingerprint density at radius 3 is 2.03 bits per heavy atom. The number of piperidine rings is 1. The van der Waals surface area contributed by atoms with Gasteiger partial charge in [-0.05, 0) is 79.4 Å². The van der Waals surface area contributed by atoms with Crippen molar-refractivity contribution in [1.29, 1.82) is 0 Å². The first-order valence-corrected chi connectivity index (χ1v) is 17.5. The molecule has 3 rings (SSSR count). The molecule has 0 aromatic heterocycles. The molecule has 0 radical (unpaired) electrons. The van der Waals surface area contributed by atoms with Crippen LogP contribution >= 0.6 is 11.6 Å². The zero-order chi connectivity index (χ0) is 27.0. The van der Waals surface area contributed by atoms with E-state index in [1.807, 2.05) is 6.92 Å². The Labute approximate surface area is 233 Å². The van der Waals surface area contributed by atoms with Gasteiger partial charge in [0.1, 0.15) is 0 Å². The normalized spacial score (nSPS) is 22.7. The largest absolute Gasteiger partial charge is 0.414 e. The number of hydrogen-bond acceptors (Lipinski definition) is 4. The van der Waals surface area contributed by atoms with Crippen molar-refractivity contribution >= 4 is 19.9 Å². The maximum atomic E-state index is 7.29. The molecular formula is C31H54ClNO3Si. The molecule has 1 aromatic rings. The van der Waals surface area contributed by atoms with Crippen LogP contribution in [0, 0.1) is 11.8 Å². The number of ether oxygens (including phenoxy) is 2. The maximum absolute atomic E-state index is 7.29. The van der Waals surface area contributed by atoms with Crippen LogP contribution in [0.2, 0.25) is 21.6 Å². The summed E-state index contributed by atoms with van der Waals surface area (Å²) >= 11 is 6.31. The molecule has 0 amide bonds. The van der Waals surface area contributed by atoms with Gasteiger partial charge < -0.3 is 13.9 Å². The van der Waals surface area contributed by atoms with E-state index in [4.69, 9.17) is 25.5 Å². The van der Waals surface area contributed by atoms with E-state index in [0.29, 0.717) is 53.8 Å². The van der Waals surface area contributed by atoms with Crippen LogP contribution in [0.4, 0.5) is 0 Å². The zero-order valence-electron chi connectivity index (χ0n) is 24.7. The molecule has 1 aliphatic carbocycles. The van der Waals surface area contributed by atoms with Crippen molar-refractivity contribution in [2.75, 3.05) is 39.6 Å². The molecule has 1 aliphatic heterocycles. The van der Waals surface area contributed by atoms with Gasteiger partial charge in [-0.25, -0.2) is 0 Å². The molecule has 4 nitrogen and oxygen atoms in total. The van der Waals surface area contributed by atoms with Crippen molar-refractivity contribution in [2.24, 2.45) is 11.8 Å². The number of hydrogen-bond donors (Lipinski definition) is 0. The van der Waals surface area contributed by atoms with Crippen LogP contribution in [0.1, 0.15) is 92.2 Å². The van der Waals surface area contributed by atoms with Gasteiger partial charge in [-0.1, -0.05) is 71.7 Å². The highest BCUT2D eigenvalue weighted by Crippen LogP contribution is 2.46. The summed E-state index contributed by atoms with van der Waals surface area (Å²) in [5.74, 6) is 1.19. The third kappa shape index (κ3) is 7.61. The molecule has 3 atom stereocenters. The van der Waals surface area contributed by atoms with Gasteiger partial charge in [0.25, 0.3) is 0 Å². The fourth-order valence-corrected chi connectivity index (χ4v) is 12.9. The standard InChI is InChI=1S/C31H54ClNO3Si/c1-8-34-19-20-35-21-28-13-10-18-33(30(28)22-36-37(23(2)3,24(4)5)25(6)7)31(26-11-9-12-26)27-14-16-29(32)17-15-27/h14-17,23-26,28,30-31H,8-13,18-22H2,1-7H3. The summed E-state index contributed by atoms with van der Waals surface area (Å²) in [5, 5.41) is 0.816. The quantitative estimate of drug-likeness (QED) is 0.161. The van der Waals surface area contributed by atoms with Crippen molar-refractivity contribution in [3.8, 4) is 0 Å². The van der Waals surface area contributed by atoms with E-state index in [-0.39, 0.29) is 0 Å². The summed E-state index contributed by atoms with van der Waals surface area (Å²) in [6.45, 7) is 21.2. The Balaban J connectivity index is 1.89. The van der Waals surface area contributed by atoms with E-state index >= 15 is 0 Å². The number of nitrogens with zero attached hydrogens (tertiary/aromatic N) is 1. The Kier molecular flexibility index (Phi) is 12.4. The number of benzene rings is 1. The van der Waals surface area contributed by atoms with Crippen molar-refractivity contribution < 1.29 is 13.9 Å². The molecule has 0 bridgehead atoms. The van der Waals surface area contributed by atoms with Gasteiger partial charge in [-0.2, -0.15) is 0 Å².